The van der Waals surface area contributed by atoms with E-state index in [4.69, 9.17) is 23.2 Å². The van der Waals surface area contributed by atoms with Gasteiger partial charge in [-0.25, -0.2) is 8.42 Å². The first-order valence-corrected chi connectivity index (χ1v) is 17.4. The van der Waals surface area contributed by atoms with Gasteiger partial charge >= 0.3 is 0 Å². The summed E-state index contributed by atoms with van der Waals surface area (Å²) in [6.45, 7) is 5.46. The fourth-order valence-corrected chi connectivity index (χ4v) is 7.14. The van der Waals surface area contributed by atoms with E-state index in [1.54, 1.807) is 49.4 Å². The average molecular weight is 681 g/mol. The molecule has 0 aliphatic rings. The van der Waals surface area contributed by atoms with E-state index in [1.165, 1.54) is 17.0 Å². The van der Waals surface area contributed by atoms with Crippen LogP contribution in [-0.4, -0.2) is 44.3 Å². The molecule has 0 saturated heterocycles. The van der Waals surface area contributed by atoms with Crippen LogP contribution in [0.4, 0.5) is 5.69 Å². The van der Waals surface area contributed by atoms with Crippen LogP contribution in [0.2, 0.25) is 10.0 Å². The Hall–Kier alpha value is -3.85. The highest BCUT2D eigenvalue weighted by molar-refractivity contribution is 7.92. The number of carbonyl (C=O) groups is 2. The van der Waals surface area contributed by atoms with Gasteiger partial charge in [0.05, 0.1) is 10.6 Å². The summed E-state index contributed by atoms with van der Waals surface area (Å²) in [5, 5.41) is 3.65. The molecule has 2 amide bonds. The van der Waals surface area contributed by atoms with Crippen LogP contribution < -0.4 is 9.62 Å². The number of amides is 2. The number of nitrogens with one attached hydrogen (secondary N) is 1. The van der Waals surface area contributed by atoms with Gasteiger partial charge in [0.1, 0.15) is 12.6 Å². The number of rotatable bonds is 14. The van der Waals surface area contributed by atoms with Crippen LogP contribution in [0.5, 0.6) is 0 Å². The molecule has 1 atom stereocenters. The molecule has 4 aromatic carbocycles. The van der Waals surface area contributed by atoms with Crippen molar-refractivity contribution in [1.82, 2.24) is 10.2 Å². The maximum Gasteiger partial charge on any atom is 0.264 e. The first kappa shape index (κ1) is 35.0. The lowest BCUT2D eigenvalue weighted by molar-refractivity contribution is -0.140. The molecule has 0 radical (unpaired) electrons. The quantitative estimate of drug-likeness (QED) is 0.141. The molecule has 0 bridgehead atoms. The molecule has 0 unspecified atom stereocenters. The summed E-state index contributed by atoms with van der Waals surface area (Å²) in [6.07, 6.45) is 1.84. The second-order valence-electron chi connectivity index (χ2n) is 11.2. The summed E-state index contributed by atoms with van der Waals surface area (Å²) in [5.41, 5.74) is 3.18. The Kier molecular flexibility index (Phi) is 12.3. The van der Waals surface area contributed by atoms with Crippen molar-refractivity contribution in [3.05, 3.63) is 129 Å². The maximum absolute atomic E-state index is 14.6. The van der Waals surface area contributed by atoms with Crippen molar-refractivity contribution in [3.8, 4) is 0 Å². The number of hydrogen-bond acceptors (Lipinski definition) is 4. The van der Waals surface area contributed by atoms with Gasteiger partial charge in [0.2, 0.25) is 11.8 Å². The molecule has 0 aromatic heterocycles. The molecule has 7 nitrogen and oxygen atoms in total. The third-order valence-electron chi connectivity index (χ3n) is 7.73. The van der Waals surface area contributed by atoms with E-state index in [-0.39, 0.29) is 23.8 Å². The lowest BCUT2D eigenvalue weighted by atomic mass is 10.0. The largest absolute Gasteiger partial charge is 0.354 e. The van der Waals surface area contributed by atoms with Crippen molar-refractivity contribution < 1.29 is 18.0 Å². The zero-order chi connectivity index (χ0) is 33.3. The Morgan fingerprint density at radius 2 is 1.48 bits per heavy atom. The van der Waals surface area contributed by atoms with E-state index in [1.807, 2.05) is 56.3 Å². The summed E-state index contributed by atoms with van der Waals surface area (Å²) in [6, 6.07) is 26.9. The summed E-state index contributed by atoms with van der Waals surface area (Å²) >= 11 is 13.2. The van der Waals surface area contributed by atoms with E-state index < -0.39 is 28.5 Å². The molecule has 0 fully saturated rings. The molecular weight excluding hydrogens is 641 g/mol. The Balaban J connectivity index is 1.85. The molecule has 0 aliphatic heterocycles. The molecular formula is C36H39Cl2N3O4S. The van der Waals surface area contributed by atoms with E-state index >= 15 is 0 Å². The molecule has 4 aromatic rings. The Labute approximate surface area is 282 Å². The normalized spacial score (nSPS) is 11.9. The Morgan fingerprint density at radius 1 is 0.848 bits per heavy atom. The van der Waals surface area contributed by atoms with E-state index in [0.717, 1.165) is 28.3 Å². The van der Waals surface area contributed by atoms with Crippen molar-refractivity contribution in [3.63, 3.8) is 0 Å². The molecule has 4 rings (SSSR count). The van der Waals surface area contributed by atoms with Gasteiger partial charge in [-0.3, -0.25) is 13.9 Å². The van der Waals surface area contributed by atoms with Crippen molar-refractivity contribution >= 4 is 50.7 Å². The molecule has 46 heavy (non-hydrogen) atoms. The second-order valence-corrected chi connectivity index (χ2v) is 13.9. The van der Waals surface area contributed by atoms with Crippen LogP contribution >= 0.6 is 23.2 Å². The summed E-state index contributed by atoms with van der Waals surface area (Å²) in [4.78, 5) is 30.0. The van der Waals surface area contributed by atoms with Gasteiger partial charge in [0.25, 0.3) is 10.0 Å². The number of anilines is 1. The SMILES string of the molecule is CCCCNC(=O)[C@H](Cc1ccccc1)N(Cc1c(Cl)cccc1Cl)C(=O)CN(c1cc(C)ccc1C)S(=O)(=O)c1ccccc1. The van der Waals surface area contributed by atoms with E-state index in [9.17, 15) is 18.0 Å². The van der Waals surface area contributed by atoms with Gasteiger partial charge in [-0.1, -0.05) is 103 Å². The van der Waals surface area contributed by atoms with Gasteiger partial charge < -0.3 is 10.2 Å². The summed E-state index contributed by atoms with van der Waals surface area (Å²) in [7, 11) is -4.20. The lowest BCUT2D eigenvalue weighted by Gasteiger charge is -2.34. The van der Waals surface area contributed by atoms with Crippen LogP contribution in [0.3, 0.4) is 0 Å². The second kappa shape index (κ2) is 16.1. The number of hydrogen-bond donors (Lipinski definition) is 1. The fourth-order valence-electron chi connectivity index (χ4n) is 5.14. The van der Waals surface area contributed by atoms with Crippen LogP contribution in [0, 0.1) is 13.8 Å². The zero-order valence-corrected chi connectivity index (χ0v) is 28.6. The van der Waals surface area contributed by atoms with Crippen LogP contribution in [0.15, 0.2) is 102 Å². The lowest BCUT2D eigenvalue weighted by Crippen LogP contribution is -2.53. The number of aryl methyl sites for hydroxylation is 2. The molecule has 1 N–H and O–H groups in total. The monoisotopic (exact) mass is 679 g/mol. The van der Waals surface area contributed by atoms with Gasteiger partial charge in [0, 0.05) is 35.1 Å². The van der Waals surface area contributed by atoms with Gasteiger partial charge in [-0.05, 0) is 67.3 Å². The topological polar surface area (TPSA) is 86.8 Å². The molecule has 10 heteroatoms. The predicted octanol–water partition coefficient (Wildman–Crippen LogP) is 7.36. The average Bonchev–Trinajstić information content (AvgIpc) is 3.04. The number of sulfonamides is 1. The highest BCUT2D eigenvalue weighted by Crippen LogP contribution is 2.30. The minimum Gasteiger partial charge on any atom is -0.354 e. The Morgan fingerprint density at radius 3 is 2.11 bits per heavy atom. The minimum atomic E-state index is -4.20. The Bertz CT molecular complexity index is 1730. The first-order valence-electron chi connectivity index (χ1n) is 15.2. The van der Waals surface area contributed by atoms with Crippen molar-refractivity contribution in [1.29, 1.82) is 0 Å². The number of nitrogens with zero attached hydrogens (tertiary/aromatic N) is 2. The number of benzene rings is 4. The van der Waals surface area contributed by atoms with Gasteiger partial charge in [0.15, 0.2) is 0 Å². The van der Waals surface area contributed by atoms with Crippen LogP contribution in [0.1, 0.15) is 42.0 Å². The van der Waals surface area contributed by atoms with Gasteiger partial charge in [-0.15, -0.1) is 0 Å². The van der Waals surface area contributed by atoms with E-state index in [0.29, 0.717) is 33.4 Å². The predicted molar refractivity (Wildman–Crippen MR) is 186 cm³/mol. The van der Waals surface area contributed by atoms with Crippen LogP contribution in [-0.2, 0) is 32.6 Å². The molecule has 0 heterocycles. The van der Waals surface area contributed by atoms with Crippen LogP contribution in [0.25, 0.3) is 0 Å². The summed E-state index contributed by atoms with van der Waals surface area (Å²) in [5.74, 6) is -0.930. The first-order chi connectivity index (χ1) is 22.0. The molecule has 0 saturated carbocycles. The molecule has 0 spiro atoms. The number of unbranched alkanes of at least 4 members (excludes halogenated alkanes) is 1. The van der Waals surface area contributed by atoms with Gasteiger partial charge in [-0.2, -0.15) is 0 Å². The van der Waals surface area contributed by atoms with E-state index in [2.05, 4.69) is 5.32 Å². The van der Waals surface area contributed by atoms with Crippen molar-refractivity contribution in [2.45, 2.75) is 57.5 Å². The standard InChI is InChI=1S/C36H39Cl2N3O4S/c1-4-5-21-39-36(43)34(23-28-13-8-6-9-14-28)40(24-30-31(37)17-12-18-32(30)38)35(42)25-41(33-22-26(2)19-20-27(33)3)46(44,45)29-15-10-7-11-16-29/h6-20,22,34H,4-5,21,23-25H2,1-3H3,(H,39,43)/t34-/m0/s1. The zero-order valence-electron chi connectivity index (χ0n) is 26.2. The number of halogens is 2. The fraction of sp³-hybridized carbons (Fsp3) is 0.278. The highest BCUT2D eigenvalue weighted by atomic mass is 35.5. The molecule has 0 aliphatic carbocycles. The third kappa shape index (κ3) is 8.69. The maximum atomic E-state index is 14.6. The number of carbonyl (C=O) groups excluding carboxylic acids is 2. The molecule has 242 valence electrons. The highest BCUT2D eigenvalue weighted by Gasteiger charge is 2.35. The third-order valence-corrected chi connectivity index (χ3v) is 10.2. The minimum absolute atomic E-state index is 0.0440. The van der Waals surface area contributed by atoms with Crippen molar-refractivity contribution in [2.75, 3.05) is 17.4 Å². The summed E-state index contributed by atoms with van der Waals surface area (Å²) < 4.78 is 29.6. The van der Waals surface area contributed by atoms with Crippen molar-refractivity contribution in [2.24, 2.45) is 0 Å². The smallest absolute Gasteiger partial charge is 0.264 e.